The number of furan rings is 1. The molecule has 1 aliphatic rings. The first kappa shape index (κ1) is 23.1. The van der Waals surface area contributed by atoms with Gasteiger partial charge in [0.1, 0.15) is 29.6 Å². The average Bonchev–Trinajstić information content (AvgIpc) is 3.39. The molecule has 174 valence electrons. The Balaban J connectivity index is 1.45. The lowest BCUT2D eigenvalue weighted by molar-refractivity contribution is -0.384. The van der Waals surface area contributed by atoms with Crippen LogP contribution < -0.4 is 9.47 Å². The lowest BCUT2D eigenvalue weighted by Gasteiger charge is -2.13. The van der Waals surface area contributed by atoms with Crippen LogP contribution in [0.2, 0.25) is 0 Å². The third-order valence-electron chi connectivity index (χ3n) is 5.04. The number of imide groups is 1. The van der Waals surface area contributed by atoms with E-state index in [0.29, 0.717) is 22.8 Å². The number of nitrogens with zero attached hydrogens (tertiary/aromatic N) is 2. The maximum Gasteiger partial charge on any atom is 0.293 e. The van der Waals surface area contributed by atoms with Crippen LogP contribution in [0.15, 0.2) is 63.9 Å². The second kappa shape index (κ2) is 9.84. The molecule has 2 heterocycles. The number of carbonyl (C=O) groups excluding carboxylic acids is 2. The van der Waals surface area contributed by atoms with Gasteiger partial charge < -0.3 is 13.9 Å². The predicted octanol–water partition coefficient (Wildman–Crippen LogP) is 5.29. The summed E-state index contributed by atoms with van der Waals surface area (Å²) < 4.78 is 16.7. The third kappa shape index (κ3) is 4.96. The molecule has 2 amide bonds. The molecule has 0 N–H and O–H groups in total. The van der Waals surface area contributed by atoms with Crippen molar-refractivity contribution in [3.8, 4) is 22.8 Å². The Labute approximate surface area is 199 Å². The number of ether oxygens (including phenoxy) is 2. The van der Waals surface area contributed by atoms with Crippen molar-refractivity contribution in [1.82, 2.24) is 4.90 Å². The Morgan fingerprint density at radius 2 is 1.88 bits per heavy atom. The maximum absolute atomic E-state index is 12.7. The maximum atomic E-state index is 12.7. The molecule has 0 spiro atoms. The zero-order chi connectivity index (χ0) is 24.2. The molecule has 1 aromatic heterocycles. The van der Waals surface area contributed by atoms with Gasteiger partial charge in [-0.05, 0) is 49.0 Å². The number of aryl methyl sites for hydroxylation is 1. The molecule has 1 saturated heterocycles. The number of methoxy groups -OCH3 is 1. The van der Waals surface area contributed by atoms with Crippen LogP contribution in [0.3, 0.4) is 0 Å². The van der Waals surface area contributed by atoms with Crippen molar-refractivity contribution in [2.75, 3.05) is 20.3 Å². The Morgan fingerprint density at radius 1 is 1.12 bits per heavy atom. The summed E-state index contributed by atoms with van der Waals surface area (Å²) in [5, 5.41) is 10.6. The summed E-state index contributed by atoms with van der Waals surface area (Å²) in [5.74, 6) is 1.29. The third-order valence-corrected chi connectivity index (χ3v) is 5.95. The first-order valence-corrected chi connectivity index (χ1v) is 11.0. The van der Waals surface area contributed by atoms with Crippen molar-refractivity contribution in [3.63, 3.8) is 0 Å². The first-order valence-electron chi connectivity index (χ1n) is 10.2. The van der Waals surface area contributed by atoms with E-state index in [4.69, 9.17) is 13.9 Å². The van der Waals surface area contributed by atoms with Gasteiger partial charge in [0.2, 0.25) is 0 Å². The molecule has 9 nitrogen and oxygen atoms in total. The summed E-state index contributed by atoms with van der Waals surface area (Å²) in [6.07, 6.45) is 1.49. The van der Waals surface area contributed by atoms with E-state index in [9.17, 15) is 19.7 Å². The number of hydrogen-bond donors (Lipinski definition) is 0. The van der Waals surface area contributed by atoms with Crippen LogP contribution in [0.4, 0.5) is 10.5 Å². The number of rotatable bonds is 8. The Morgan fingerprint density at radius 3 is 2.59 bits per heavy atom. The van der Waals surface area contributed by atoms with Gasteiger partial charge in [-0.2, -0.15) is 0 Å². The molecule has 0 saturated carbocycles. The van der Waals surface area contributed by atoms with Gasteiger partial charge in [-0.3, -0.25) is 24.6 Å². The number of hydrogen-bond acceptors (Lipinski definition) is 8. The molecule has 0 radical (unpaired) electrons. The van der Waals surface area contributed by atoms with Gasteiger partial charge in [0.15, 0.2) is 0 Å². The highest BCUT2D eigenvalue weighted by Gasteiger charge is 2.35. The number of non-ortho nitro benzene ring substituents is 1. The van der Waals surface area contributed by atoms with Crippen LogP contribution in [0.1, 0.15) is 11.3 Å². The highest BCUT2D eigenvalue weighted by Crippen LogP contribution is 2.36. The summed E-state index contributed by atoms with van der Waals surface area (Å²) >= 11 is 0.826. The predicted molar refractivity (Wildman–Crippen MR) is 127 cm³/mol. The summed E-state index contributed by atoms with van der Waals surface area (Å²) in [4.78, 5) is 36.9. The minimum atomic E-state index is -0.512. The summed E-state index contributed by atoms with van der Waals surface area (Å²) in [6, 6.07) is 15.0. The van der Waals surface area contributed by atoms with Gasteiger partial charge in [-0.15, -0.1) is 0 Å². The van der Waals surface area contributed by atoms with Crippen molar-refractivity contribution >= 4 is 34.7 Å². The molecule has 10 heteroatoms. The molecule has 3 aromatic rings. The van der Waals surface area contributed by atoms with Gasteiger partial charge in [0, 0.05) is 12.1 Å². The highest BCUT2D eigenvalue weighted by atomic mass is 32.2. The second-order valence-electron chi connectivity index (χ2n) is 7.34. The quantitative estimate of drug-likeness (QED) is 0.243. The van der Waals surface area contributed by atoms with Crippen LogP contribution in [-0.4, -0.2) is 41.2 Å². The average molecular weight is 480 g/mol. The Kier molecular flexibility index (Phi) is 6.69. The van der Waals surface area contributed by atoms with Crippen molar-refractivity contribution in [3.05, 3.63) is 80.9 Å². The first-order chi connectivity index (χ1) is 16.4. The van der Waals surface area contributed by atoms with E-state index in [1.165, 1.54) is 31.4 Å². The molecule has 0 atom stereocenters. The number of benzene rings is 2. The SMILES string of the molecule is COc1cc([N+](=O)[O-])ccc1-c1ccc(/C=C2\SC(=O)N(CCOc3ccc(C)cc3)C2=O)o1. The fourth-order valence-electron chi connectivity index (χ4n) is 3.28. The molecule has 4 rings (SSSR count). The molecule has 34 heavy (non-hydrogen) atoms. The standard InChI is InChI=1S/C24H20N2O7S/c1-15-3-6-17(7-4-15)32-12-11-25-23(27)22(34-24(25)28)14-18-8-10-20(33-18)19-9-5-16(26(29)30)13-21(19)31-2/h3-10,13-14H,11-12H2,1-2H3/b22-14-. The van der Waals surface area contributed by atoms with Crippen LogP contribution in [0, 0.1) is 17.0 Å². The smallest absolute Gasteiger partial charge is 0.293 e. The van der Waals surface area contributed by atoms with E-state index in [-0.39, 0.29) is 34.7 Å². The molecular formula is C24H20N2O7S. The molecule has 0 aliphatic carbocycles. The van der Waals surface area contributed by atoms with Gasteiger partial charge >= 0.3 is 0 Å². The van der Waals surface area contributed by atoms with Gasteiger partial charge in [0.25, 0.3) is 16.8 Å². The van der Waals surface area contributed by atoms with Gasteiger partial charge in [-0.1, -0.05) is 17.7 Å². The van der Waals surface area contributed by atoms with E-state index in [1.54, 1.807) is 12.1 Å². The summed E-state index contributed by atoms with van der Waals surface area (Å²) in [5.41, 5.74) is 1.53. The zero-order valence-electron chi connectivity index (χ0n) is 18.3. The number of thioether (sulfide) groups is 1. The van der Waals surface area contributed by atoms with Crippen molar-refractivity contribution in [1.29, 1.82) is 0 Å². The minimum Gasteiger partial charge on any atom is -0.496 e. The van der Waals surface area contributed by atoms with Crippen molar-refractivity contribution < 1.29 is 28.4 Å². The number of nitro benzene ring substituents is 1. The van der Waals surface area contributed by atoms with Crippen LogP contribution in [-0.2, 0) is 4.79 Å². The zero-order valence-corrected chi connectivity index (χ0v) is 19.2. The number of amides is 2. The Bertz CT molecular complexity index is 1280. The minimum absolute atomic E-state index is 0.104. The van der Waals surface area contributed by atoms with Gasteiger partial charge in [0.05, 0.1) is 35.1 Å². The molecule has 1 aliphatic heterocycles. The molecule has 0 unspecified atom stereocenters. The normalized spacial score (nSPS) is 14.6. The lowest BCUT2D eigenvalue weighted by atomic mass is 10.1. The van der Waals surface area contributed by atoms with E-state index in [0.717, 1.165) is 22.2 Å². The second-order valence-corrected chi connectivity index (χ2v) is 8.33. The topological polar surface area (TPSA) is 112 Å². The molecule has 2 aromatic carbocycles. The number of carbonyl (C=O) groups is 2. The lowest BCUT2D eigenvalue weighted by Crippen LogP contribution is -2.32. The Hall–Kier alpha value is -4.05. The summed E-state index contributed by atoms with van der Waals surface area (Å²) in [7, 11) is 1.41. The monoisotopic (exact) mass is 480 g/mol. The van der Waals surface area contributed by atoms with E-state index >= 15 is 0 Å². The van der Waals surface area contributed by atoms with E-state index in [2.05, 4.69) is 0 Å². The van der Waals surface area contributed by atoms with Gasteiger partial charge in [-0.25, -0.2) is 0 Å². The molecule has 1 fully saturated rings. The fourth-order valence-corrected chi connectivity index (χ4v) is 4.13. The van der Waals surface area contributed by atoms with Crippen LogP contribution in [0.25, 0.3) is 17.4 Å². The highest BCUT2D eigenvalue weighted by molar-refractivity contribution is 8.18. The van der Waals surface area contributed by atoms with E-state index in [1.807, 2.05) is 31.2 Å². The number of nitro groups is 1. The van der Waals surface area contributed by atoms with Crippen LogP contribution in [0.5, 0.6) is 11.5 Å². The van der Waals surface area contributed by atoms with Crippen molar-refractivity contribution in [2.45, 2.75) is 6.92 Å². The molecule has 0 bridgehead atoms. The largest absolute Gasteiger partial charge is 0.496 e. The molecular weight excluding hydrogens is 460 g/mol. The van der Waals surface area contributed by atoms with Crippen LogP contribution >= 0.6 is 11.8 Å². The van der Waals surface area contributed by atoms with Crippen molar-refractivity contribution in [2.24, 2.45) is 0 Å². The van der Waals surface area contributed by atoms with E-state index < -0.39 is 10.8 Å². The summed E-state index contributed by atoms with van der Waals surface area (Å²) in [6.45, 7) is 2.28. The fraction of sp³-hybridized carbons (Fsp3) is 0.167.